The van der Waals surface area contributed by atoms with Crippen LogP contribution in [0.1, 0.15) is 51.2 Å². The lowest BCUT2D eigenvalue weighted by Crippen LogP contribution is -2.33. The Hall–Kier alpha value is -1.99. The number of carbonyl (C=O) groups excluding carboxylic acids is 1. The van der Waals surface area contributed by atoms with Gasteiger partial charge in [-0.3, -0.25) is 9.59 Å². The lowest BCUT2D eigenvalue weighted by Gasteiger charge is -2.23. The molecule has 5 rings (SSSR count). The van der Waals surface area contributed by atoms with Crippen LogP contribution in [0.5, 0.6) is 0 Å². The maximum Gasteiger partial charge on any atom is 0.290 e. The van der Waals surface area contributed by atoms with Crippen molar-refractivity contribution in [3.63, 3.8) is 0 Å². The number of hydrogen-bond donors (Lipinski definition) is 1. The summed E-state index contributed by atoms with van der Waals surface area (Å²) in [6.07, 6.45) is 5.01. The molecule has 1 aliphatic heterocycles. The summed E-state index contributed by atoms with van der Waals surface area (Å²) >= 11 is 3.25. The first-order chi connectivity index (χ1) is 12.2. The third kappa shape index (κ3) is 2.37. The minimum Gasteiger partial charge on any atom is -0.328 e. The number of fused-ring (bicyclic) bond motifs is 3. The molecule has 4 heterocycles. The highest BCUT2D eigenvalue weighted by atomic mass is 32.1. The fourth-order valence-electron chi connectivity index (χ4n) is 4.03. The normalized spacial score (nSPS) is 19.7. The van der Waals surface area contributed by atoms with Gasteiger partial charge in [0, 0.05) is 16.3 Å². The molecule has 0 spiro atoms. The van der Waals surface area contributed by atoms with Crippen molar-refractivity contribution in [1.82, 2.24) is 14.9 Å². The summed E-state index contributed by atoms with van der Waals surface area (Å²) in [5.74, 6) is 0.0179. The highest BCUT2D eigenvalue weighted by molar-refractivity contribution is 7.18. The Labute approximate surface area is 152 Å². The predicted molar refractivity (Wildman–Crippen MR) is 99.6 cm³/mol. The molecule has 25 heavy (non-hydrogen) atoms. The molecule has 1 atom stereocenters. The highest BCUT2D eigenvalue weighted by Gasteiger charge is 2.33. The zero-order chi connectivity index (χ0) is 17.0. The number of H-pyrrole nitrogens is 1. The van der Waals surface area contributed by atoms with Gasteiger partial charge in [-0.25, -0.2) is 4.98 Å². The van der Waals surface area contributed by atoms with Gasteiger partial charge in [-0.1, -0.05) is 6.07 Å². The molecule has 1 unspecified atom stereocenters. The molecule has 1 saturated heterocycles. The van der Waals surface area contributed by atoms with Crippen molar-refractivity contribution < 1.29 is 4.79 Å². The molecule has 3 aromatic heterocycles. The standard InChI is InChI=1S/C18H17N3O2S2/c22-16-14-10-4-1-6-12(10)25-17(14)20-15(19-16)18(23)21-8-2-5-11(21)13-7-3-9-24-13/h3,7,9,11H,1-2,4-6,8H2,(H,19,20,22). The number of thiophene rings is 2. The van der Waals surface area contributed by atoms with Crippen LogP contribution in [0.4, 0.5) is 0 Å². The molecule has 1 amide bonds. The van der Waals surface area contributed by atoms with Crippen LogP contribution < -0.4 is 5.56 Å². The van der Waals surface area contributed by atoms with Crippen LogP contribution in [-0.4, -0.2) is 27.3 Å². The molecular formula is C18H17N3O2S2. The smallest absolute Gasteiger partial charge is 0.290 e. The summed E-state index contributed by atoms with van der Waals surface area (Å²) in [5.41, 5.74) is 0.977. The molecule has 1 fully saturated rings. The van der Waals surface area contributed by atoms with E-state index in [0.717, 1.165) is 37.7 Å². The van der Waals surface area contributed by atoms with Crippen LogP contribution in [-0.2, 0) is 12.8 Å². The van der Waals surface area contributed by atoms with Crippen LogP contribution in [0.25, 0.3) is 10.2 Å². The van der Waals surface area contributed by atoms with Crippen molar-refractivity contribution in [3.05, 3.63) is 49.0 Å². The minimum absolute atomic E-state index is 0.0989. The van der Waals surface area contributed by atoms with E-state index in [9.17, 15) is 9.59 Å². The zero-order valence-electron chi connectivity index (χ0n) is 13.6. The van der Waals surface area contributed by atoms with E-state index in [-0.39, 0.29) is 23.3 Å². The Morgan fingerprint density at radius 1 is 1.32 bits per heavy atom. The van der Waals surface area contributed by atoms with Gasteiger partial charge in [-0.15, -0.1) is 22.7 Å². The number of hydrogen-bond acceptors (Lipinski definition) is 5. The van der Waals surface area contributed by atoms with Crippen LogP contribution >= 0.6 is 22.7 Å². The highest BCUT2D eigenvalue weighted by Crippen LogP contribution is 2.36. The molecule has 3 aromatic rings. The molecule has 0 bridgehead atoms. The Kier molecular flexibility index (Phi) is 3.53. The Bertz CT molecular complexity index is 1020. The van der Waals surface area contributed by atoms with Crippen molar-refractivity contribution in [3.8, 4) is 0 Å². The Balaban J connectivity index is 1.54. The fraction of sp³-hybridized carbons (Fsp3) is 0.389. The number of aromatic amines is 1. The molecule has 0 radical (unpaired) electrons. The van der Waals surface area contributed by atoms with E-state index < -0.39 is 0 Å². The largest absolute Gasteiger partial charge is 0.328 e. The second kappa shape index (κ2) is 5.78. The predicted octanol–water partition coefficient (Wildman–Crippen LogP) is 3.51. The van der Waals surface area contributed by atoms with Gasteiger partial charge in [0.05, 0.1) is 11.4 Å². The van der Waals surface area contributed by atoms with Gasteiger partial charge in [-0.2, -0.15) is 0 Å². The quantitative estimate of drug-likeness (QED) is 0.750. The summed E-state index contributed by atoms with van der Waals surface area (Å²) in [7, 11) is 0. The van der Waals surface area contributed by atoms with Gasteiger partial charge in [0.25, 0.3) is 11.5 Å². The molecular weight excluding hydrogens is 354 g/mol. The lowest BCUT2D eigenvalue weighted by molar-refractivity contribution is 0.0725. The first kappa shape index (κ1) is 15.3. The van der Waals surface area contributed by atoms with Gasteiger partial charge < -0.3 is 9.88 Å². The topological polar surface area (TPSA) is 66.1 Å². The van der Waals surface area contributed by atoms with Crippen LogP contribution in [0.2, 0.25) is 0 Å². The first-order valence-corrected chi connectivity index (χ1v) is 10.3. The summed E-state index contributed by atoms with van der Waals surface area (Å²) in [6, 6.07) is 4.19. The maximum absolute atomic E-state index is 13.0. The van der Waals surface area contributed by atoms with Crippen molar-refractivity contribution in [2.24, 2.45) is 0 Å². The van der Waals surface area contributed by atoms with Crippen LogP contribution in [0, 0.1) is 0 Å². The van der Waals surface area contributed by atoms with Gasteiger partial charge in [0.2, 0.25) is 5.82 Å². The second-order valence-corrected chi connectivity index (χ2v) is 8.69. The SMILES string of the molecule is O=C(c1nc2sc3c(c2c(=O)[nH]1)CCC3)N1CCCC1c1cccs1. The number of aryl methyl sites for hydroxylation is 2. The van der Waals surface area contributed by atoms with E-state index in [2.05, 4.69) is 16.0 Å². The number of rotatable bonds is 2. The van der Waals surface area contributed by atoms with Crippen molar-refractivity contribution in [2.75, 3.05) is 6.54 Å². The van der Waals surface area contributed by atoms with E-state index in [1.807, 2.05) is 16.3 Å². The molecule has 0 saturated carbocycles. The zero-order valence-corrected chi connectivity index (χ0v) is 15.2. The Morgan fingerprint density at radius 3 is 3.08 bits per heavy atom. The van der Waals surface area contributed by atoms with E-state index in [4.69, 9.17) is 0 Å². The number of likely N-dealkylation sites (tertiary alicyclic amines) is 1. The maximum atomic E-state index is 13.0. The number of nitrogens with zero attached hydrogens (tertiary/aromatic N) is 2. The van der Waals surface area contributed by atoms with Crippen LogP contribution in [0.3, 0.4) is 0 Å². The summed E-state index contributed by atoms with van der Waals surface area (Å²) in [6.45, 7) is 0.712. The third-order valence-corrected chi connectivity index (χ3v) is 7.32. The molecule has 5 nitrogen and oxygen atoms in total. The van der Waals surface area contributed by atoms with Gasteiger partial charge in [0.1, 0.15) is 4.83 Å². The minimum atomic E-state index is -0.167. The van der Waals surface area contributed by atoms with Crippen molar-refractivity contribution in [2.45, 2.75) is 38.1 Å². The summed E-state index contributed by atoms with van der Waals surface area (Å²) in [5, 5.41) is 2.74. The van der Waals surface area contributed by atoms with Crippen molar-refractivity contribution in [1.29, 1.82) is 0 Å². The number of aromatic nitrogens is 2. The monoisotopic (exact) mass is 371 g/mol. The summed E-state index contributed by atoms with van der Waals surface area (Å²) in [4.78, 5) is 37.9. The Morgan fingerprint density at radius 2 is 2.24 bits per heavy atom. The average molecular weight is 371 g/mol. The van der Waals surface area contributed by atoms with Crippen LogP contribution in [0.15, 0.2) is 22.3 Å². The molecule has 0 aromatic carbocycles. The summed E-state index contributed by atoms with van der Waals surface area (Å²) < 4.78 is 0. The van der Waals surface area contributed by atoms with Gasteiger partial charge >= 0.3 is 0 Å². The molecule has 7 heteroatoms. The van der Waals surface area contributed by atoms with E-state index >= 15 is 0 Å². The van der Waals surface area contributed by atoms with Gasteiger partial charge in [-0.05, 0) is 49.1 Å². The molecule has 2 aliphatic rings. The van der Waals surface area contributed by atoms with E-state index in [0.29, 0.717) is 16.8 Å². The number of carbonyl (C=O) groups is 1. The van der Waals surface area contributed by atoms with E-state index in [1.165, 1.54) is 9.75 Å². The number of nitrogens with one attached hydrogen (secondary N) is 1. The third-order valence-electron chi connectivity index (χ3n) is 5.16. The van der Waals surface area contributed by atoms with E-state index in [1.54, 1.807) is 22.7 Å². The van der Waals surface area contributed by atoms with Crippen molar-refractivity contribution >= 4 is 38.8 Å². The average Bonchev–Trinajstić information content (AvgIpc) is 3.34. The molecule has 1 N–H and O–H groups in total. The molecule has 1 aliphatic carbocycles. The number of amides is 1. The lowest BCUT2D eigenvalue weighted by atomic mass is 10.2. The fourth-order valence-corrected chi connectivity index (χ4v) is 6.16. The van der Waals surface area contributed by atoms with Gasteiger partial charge in [0.15, 0.2) is 0 Å². The second-order valence-electron chi connectivity index (χ2n) is 6.62. The molecule has 128 valence electrons. The first-order valence-electron chi connectivity index (χ1n) is 8.61.